The maximum atomic E-state index is 5.85. The van der Waals surface area contributed by atoms with Crippen LogP contribution in [0.4, 0.5) is 5.69 Å². The Bertz CT molecular complexity index is 692. The highest BCUT2D eigenvalue weighted by atomic mass is 32.1. The van der Waals surface area contributed by atoms with E-state index in [2.05, 4.69) is 51.6 Å². The summed E-state index contributed by atoms with van der Waals surface area (Å²) in [5.74, 6) is 0. The molecule has 7 heteroatoms. The van der Waals surface area contributed by atoms with E-state index in [-0.39, 0.29) is 12.3 Å². The summed E-state index contributed by atoms with van der Waals surface area (Å²) in [5, 5.41) is 7.13. The molecule has 2 unspecified atom stereocenters. The largest absolute Gasteiger partial charge is 0.379 e. The number of morpholine rings is 1. The summed E-state index contributed by atoms with van der Waals surface area (Å²) in [6, 6.07) is 8.98. The van der Waals surface area contributed by atoms with Gasteiger partial charge >= 0.3 is 0 Å². The Hall–Kier alpha value is -1.12. The van der Waals surface area contributed by atoms with Crippen LogP contribution in [0.2, 0.25) is 0 Å². The molecule has 1 aromatic carbocycles. The number of fused-ring (bicyclic) bond motifs is 1. The van der Waals surface area contributed by atoms with Gasteiger partial charge in [0.15, 0.2) is 0 Å². The third-order valence-electron chi connectivity index (χ3n) is 5.45. The Balaban J connectivity index is 1.43. The average molecular weight is 391 g/mol. The first kappa shape index (κ1) is 18.3. The van der Waals surface area contributed by atoms with Gasteiger partial charge < -0.3 is 15.0 Å². The number of ether oxygens (including phenoxy) is 1. The first-order chi connectivity index (χ1) is 12.6. The smallest absolute Gasteiger partial charge is 0.0860 e. The minimum Gasteiger partial charge on any atom is -0.379 e. The highest BCUT2D eigenvalue weighted by Crippen LogP contribution is 2.33. The number of thiocarbonyl (C=S) groups is 2. The van der Waals surface area contributed by atoms with Crippen LogP contribution in [0.3, 0.4) is 0 Å². The molecule has 4 rings (SSSR count). The number of hydrogen-bond acceptors (Lipinski definition) is 5. The molecule has 5 nitrogen and oxygen atoms in total. The van der Waals surface area contributed by atoms with Crippen molar-refractivity contribution >= 4 is 40.1 Å². The van der Waals surface area contributed by atoms with Crippen LogP contribution < -0.4 is 15.5 Å². The van der Waals surface area contributed by atoms with Crippen LogP contribution in [0.5, 0.6) is 0 Å². The molecule has 0 aliphatic carbocycles. The van der Waals surface area contributed by atoms with E-state index in [4.69, 9.17) is 29.2 Å². The van der Waals surface area contributed by atoms with Gasteiger partial charge in [-0.05, 0) is 25.0 Å². The molecule has 0 bridgehead atoms. The Morgan fingerprint density at radius 1 is 1.23 bits per heavy atom. The minimum absolute atomic E-state index is 0.0801. The first-order valence-corrected chi connectivity index (χ1v) is 10.2. The van der Waals surface area contributed by atoms with E-state index in [9.17, 15) is 0 Å². The molecule has 3 atom stereocenters. The molecule has 2 fully saturated rings. The number of rotatable bonds is 3. The topological polar surface area (TPSA) is 39.8 Å². The molecule has 0 aromatic heterocycles. The second kappa shape index (κ2) is 7.86. The van der Waals surface area contributed by atoms with Crippen molar-refractivity contribution in [2.24, 2.45) is 0 Å². The highest BCUT2D eigenvalue weighted by Gasteiger charge is 2.33. The van der Waals surface area contributed by atoms with Crippen molar-refractivity contribution in [1.29, 1.82) is 0 Å². The Kier molecular flexibility index (Phi) is 5.52. The summed E-state index contributed by atoms with van der Waals surface area (Å²) in [7, 11) is 0. The zero-order valence-corrected chi connectivity index (χ0v) is 16.7. The van der Waals surface area contributed by atoms with Crippen molar-refractivity contribution in [2.45, 2.75) is 44.6 Å². The van der Waals surface area contributed by atoms with E-state index in [1.54, 1.807) is 0 Å². The summed E-state index contributed by atoms with van der Waals surface area (Å²) in [6.45, 7) is 5.74. The van der Waals surface area contributed by atoms with E-state index in [0.717, 1.165) is 55.5 Å². The van der Waals surface area contributed by atoms with Crippen LogP contribution in [0.25, 0.3) is 0 Å². The number of nitrogens with one attached hydrogen (secondary N) is 2. The molecule has 3 heterocycles. The van der Waals surface area contributed by atoms with E-state index in [1.165, 1.54) is 11.3 Å². The van der Waals surface area contributed by atoms with Gasteiger partial charge in [-0.15, -0.1) is 0 Å². The Morgan fingerprint density at radius 3 is 2.81 bits per heavy atom. The lowest BCUT2D eigenvalue weighted by molar-refractivity contribution is 0.00498. The van der Waals surface area contributed by atoms with Gasteiger partial charge in [0.1, 0.15) is 0 Å². The third-order valence-corrected chi connectivity index (χ3v) is 6.10. The van der Waals surface area contributed by atoms with E-state index < -0.39 is 0 Å². The summed E-state index contributed by atoms with van der Waals surface area (Å²) in [5.41, 5.74) is 2.64. The molecule has 0 saturated carbocycles. The molecular formula is C19H26N4OS2. The fourth-order valence-electron chi connectivity index (χ4n) is 4.21. The highest BCUT2D eigenvalue weighted by molar-refractivity contribution is 7.80. The molecule has 3 aliphatic rings. The van der Waals surface area contributed by atoms with E-state index in [1.807, 2.05) is 0 Å². The summed E-state index contributed by atoms with van der Waals surface area (Å²) in [4.78, 5) is 6.64. The molecule has 2 N–H and O–H groups in total. The monoisotopic (exact) mass is 390 g/mol. The standard InChI is InChI=1S/C19H26N4OS2/c1-13-10-14-4-2-3-5-15(14)23(13)19(26)11-16-20-17(12-18(25)21-16)22-6-8-24-9-7-22/h2-5,13,16-17,20H,6-12H2,1H3,(H,21,25)/t13-,16?,17?/m0/s1. The van der Waals surface area contributed by atoms with E-state index in [0.29, 0.717) is 6.04 Å². The molecular weight excluding hydrogens is 364 g/mol. The Morgan fingerprint density at radius 2 is 2.00 bits per heavy atom. The van der Waals surface area contributed by atoms with Crippen LogP contribution in [-0.2, 0) is 11.2 Å². The van der Waals surface area contributed by atoms with Crippen molar-refractivity contribution in [2.75, 3.05) is 31.2 Å². The summed E-state index contributed by atoms with van der Waals surface area (Å²) < 4.78 is 5.48. The van der Waals surface area contributed by atoms with Gasteiger partial charge in [-0.1, -0.05) is 42.6 Å². The number of hydrogen-bond donors (Lipinski definition) is 2. The maximum absolute atomic E-state index is 5.85. The van der Waals surface area contributed by atoms with Crippen molar-refractivity contribution in [1.82, 2.24) is 15.5 Å². The zero-order chi connectivity index (χ0) is 18.1. The molecule has 1 aromatic rings. The van der Waals surface area contributed by atoms with Crippen LogP contribution in [-0.4, -0.2) is 59.6 Å². The van der Waals surface area contributed by atoms with Gasteiger partial charge in [0, 0.05) is 37.7 Å². The normalized spacial score (nSPS) is 29.3. The summed E-state index contributed by atoms with van der Waals surface area (Å²) in [6.07, 6.45) is 3.01. The quantitative estimate of drug-likeness (QED) is 0.766. The van der Waals surface area contributed by atoms with Gasteiger partial charge in [0.05, 0.1) is 35.5 Å². The number of anilines is 1. The van der Waals surface area contributed by atoms with Gasteiger partial charge in [0.2, 0.25) is 0 Å². The lowest BCUT2D eigenvalue weighted by Crippen LogP contribution is -2.63. The van der Waals surface area contributed by atoms with Gasteiger partial charge in [0.25, 0.3) is 0 Å². The van der Waals surface area contributed by atoms with Crippen LogP contribution >= 0.6 is 24.4 Å². The number of benzene rings is 1. The molecule has 26 heavy (non-hydrogen) atoms. The fraction of sp³-hybridized carbons (Fsp3) is 0.579. The lowest BCUT2D eigenvalue weighted by atomic mass is 10.1. The van der Waals surface area contributed by atoms with Gasteiger partial charge in [-0.25, -0.2) is 0 Å². The van der Waals surface area contributed by atoms with Gasteiger partial charge in [-0.2, -0.15) is 0 Å². The van der Waals surface area contributed by atoms with Crippen molar-refractivity contribution in [3.8, 4) is 0 Å². The first-order valence-electron chi connectivity index (χ1n) is 9.39. The minimum atomic E-state index is 0.0801. The predicted octanol–water partition coefficient (Wildman–Crippen LogP) is 2.05. The molecule has 0 amide bonds. The zero-order valence-electron chi connectivity index (χ0n) is 15.1. The van der Waals surface area contributed by atoms with Crippen LogP contribution in [0.1, 0.15) is 25.3 Å². The van der Waals surface area contributed by atoms with Crippen LogP contribution in [0, 0.1) is 0 Å². The SMILES string of the molecule is C[C@H]1Cc2ccccc2N1C(=S)CC1NC(=S)CC(N2CCOCC2)N1. The summed E-state index contributed by atoms with van der Waals surface area (Å²) >= 11 is 11.4. The molecule has 140 valence electrons. The number of nitrogens with zero attached hydrogens (tertiary/aromatic N) is 2. The fourth-order valence-corrected chi connectivity index (χ4v) is 4.96. The van der Waals surface area contributed by atoms with Gasteiger partial charge in [-0.3, -0.25) is 10.2 Å². The third kappa shape index (κ3) is 3.77. The van der Waals surface area contributed by atoms with E-state index >= 15 is 0 Å². The molecule has 0 radical (unpaired) electrons. The van der Waals surface area contributed by atoms with Crippen molar-refractivity contribution in [3.63, 3.8) is 0 Å². The van der Waals surface area contributed by atoms with Crippen molar-refractivity contribution in [3.05, 3.63) is 29.8 Å². The van der Waals surface area contributed by atoms with Crippen LogP contribution in [0.15, 0.2) is 24.3 Å². The molecule has 3 aliphatic heterocycles. The lowest BCUT2D eigenvalue weighted by Gasteiger charge is -2.41. The predicted molar refractivity (Wildman–Crippen MR) is 113 cm³/mol. The number of para-hydroxylation sites is 1. The Labute approximate surface area is 166 Å². The molecule has 2 saturated heterocycles. The van der Waals surface area contributed by atoms with Crippen molar-refractivity contribution < 1.29 is 4.74 Å². The second-order valence-electron chi connectivity index (χ2n) is 7.30. The molecule has 0 spiro atoms. The average Bonchev–Trinajstić information content (AvgIpc) is 2.97. The second-order valence-corrected chi connectivity index (χ2v) is 8.27. The maximum Gasteiger partial charge on any atom is 0.0860 e.